The van der Waals surface area contributed by atoms with E-state index in [2.05, 4.69) is 10.3 Å². The van der Waals surface area contributed by atoms with Crippen molar-refractivity contribution in [2.75, 3.05) is 12.4 Å². The Morgan fingerprint density at radius 3 is 2.80 bits per heavy atom. The molecule has 2 N–H and O–H groups in total. The van der Waals surface area contributed by atoms with E-state index in [1.807, 2.05) is 0 Å². The number of anilines is 1. The number of nitrogens with one attached hydrogen (secondary N) is 1. The van der Waals surface area contributed by atoms with Crippen LogP contribution in [0.5, 0.6) is 5.88 Å². The van der Waals surface area contributed by atoms with Gasteiger partial charge in [0.05, 0.1) is 12.8 Å². The highest BCUT2D eigenvalue weighted by atomic mass is 19.1. The minimum atomic E-state index is -1.31. The first kappa shape index (κ1) is 13.8. The molecular formula is C14H13FN2O3. The molecule has 0 saturated carbocycles. The predicted octanol–water partition coefficient (Wildman–Crippen LogP) is 2.54. The van der Waals surface area contributed by atoms with Crippen LogP contribution in [0.3, 0.4) is 0 Å². The second-order valence-electron chi connectivity index (χ2n) is 4.03. The van der Waals surface area contributed by atoms with Crippen LogP contribution in [0.2, 0.25) is 0 Å². The fourth-order valence-electron chi connectivity index (χ4n) is 1.72. The summed E-state index contributed by atoms with van der Waals surface area (Å²) in [4.78, 5) is 15.1. The van der Waals surface area contributed by atoms with Crippen molar-refractivity contribution in [3.63, 3.8) is 0 Å². The molecule has 104 valence electrons. The Bertz CT molecular complexity index is 614. The van der Waals surface area contributed by atoms with Crippen molar-refractivity contribution < 1.29 is 19.0 Å². The van der Waals surface area contributed by atoms with Crippen LogP contribution >= 0.6 is 0 Å². The first-order valence-corrected chi connectivity index (χ1v) is 5.86. The van der Waals surface area contributed by atoms with E-state index >= 15 is 0 Å². The molecule has 0 bridgehead atoms. The zero-order chi connectivity index (χ0) is 14.5. The molecule has 6 heteroatoms. The molecule has 0 unspecified atom stereocenters. The van der Waals surface area contributed by atoms with Gasteiger partial charge in [0.1, 0.15) is 11.4 Å². The van der Waals surface area contributed by atoms with E-state index < -0.39 is 11.8 Å². The van der Waals surface area contributed by atoms with Crippen LogP contribution in [0.4, 0.5) is 10.1 Å². The number of carboxylic acids is 1. The SMILES string of the molecule is COc1ccc(CNc2cccc(F)c2C(=O)O)cn1. The number of benzene rings is 1. The Labute approximate surface area is 115 Å². The summed E-state index contributed by atoms with van der Waals surface area (Å²) in [6, 6.07) is 7.57. The maximum Gasteiger partial charge on any atom is 0.340 e. The van der Waals surface area contributed by atoms with E-state index in [0.29, 0.717) is 12.4 Å². The van der Waals surface area contributed by atoms with E-state index in [9.17, 15) is 9.18 Å². The Morgan fingerprint density at radius 2 is 2.20 bits per heavy atom. The second kappa shape index (κ2) is 6.01. The van der Waals surface area contributed by atoms with Crippen molar-refractivity contribution >= 4 is 11.7 Å². The highest BCUT2D eigenvalue weighted by Crippen LogP contribution is 2.20. The third-order valence-electron chi connectivity index (χ3n) is 2.72. The van der Waals surface area contributed by atoms with Gasteiger partial charge in [-0.1, -0.05) is 12.1 Å². The van der Waals surface area contributed by atoms with Crippen LogP contribution in [0, 0.1) is 5.82 Å². The summed E-state index contributed by atoms with van der Waals surface area (Å²) in [6.07, 6.45) is 1.60. The lowest BCUT2D eigenvalue weighted by molar-refractivity contribution is 0.0693. The smallest absolute Gasteiger partial charge is 0.340 e. The van der Waals surface area contributed by atoms with Gasteiger partial charge in [-0.3, -0.25) is 0 Å². The third kappa shape index (κ3) is 3.03. The summed E-state index contributed by atoms with van der Waals surface area (Å²) >= 11 is 0. The summed E-state index contributed by atoms with van der Waals surface area (Å²) in [5.41, 5.74) is 0.689. The fraction of sp³-hybridized carbons (Fsp3) is 0.143. The minimum Gasteiger partial charge on any atom is -0.481 e. The molecule has 0 saturated heterocycles. The molecule has 2 aromatic rings. The first-order valence-electron chi connectivity index (χ1n) is 5.86. The van der Waals surface area contributed by atoms with Gasteiger partial charge in [-0.2, -0.15) is 0 Å². The molecule has 1 aromatic heterocycles. The fourth-order valence-corrected chi connectivity index (χ4v) is 1.72. The van der Waals surface area contributed by atoms with E-state index in [0.717, 1.165) is 11.6 Å². The van der Waals surface area contributed by atoms with Gasteiger partial charge in [-0.05, 0) is 17.7 Å². The number of nitrogens with zero attached hydrogens (tertiary/aromatic N) is 1. The van der Waals surface area contributed by atoms with Gasteiger partial charge in [0.25, 0.3) is 0 Å². The van der Waals surface area contributed by atoms with Crippen molar-refractivity contribution in [2.45, 2.75) is 6.54 Å². The van der Waals surface area contributed by atoms with Gasteiger partial charge in [-0.25, -0.2) is 14.2 Å². The second-order valence-corrected chi connectivity index (χ2v) is 4.03. The summed E-state index contributed by atoms with van der Waals surface area (Å²) in [5.74, 6) is -1.58. The number of halogens is 1. The molecule has 5 nitrogen and oxygen atoms in total. The number of methoxy groups -OCH3 is 1. The summed E-state index contributed by atoms with van der Waals surface area (Å²) in [6.45, 7) is 0.334. The average Bonchev–Trinajstić information content (AvgIpc) is 2.45. The van der Waals surface area contributed by atoms with Crippen molar-refractivity contribution in [3.05, 3.63) is 53.5 Å². The Kier molecular flexibility index (Phi) is 4.14. The quantitative estimate of drug-likeness (QED) is 0.878. The number of hydrogen-bond acceptors (Lipinski definition) is 4. The van der Waals surface area contributed by atoms with Crippen LogP contribution in [-0.4, -0.2) is 23.2 Å². The highest BCUT2D eigenvalue weighted by Gasteiger charge is 2.15. The van der Waals surface area contributed by atoms with E-state index in [1.165, 1.54) is 19.2 Å². The van der Waals surface area contributed by atoms with Crippen LogP contribution in [0.25, 0.3) is 0 Å². The summed E-state index contributed by atoms with van der Waals surface area (Å²) in [5, 5.41) is 11.9. The monoisotopic (exact) mass is 276 g/mol. The largest absolute Gasteiger partial charge is 0.481 e. The molecule has 0 spiro atoms. The molecule has 20 heavy (non-hydrogen) atoms. The van der Waals surface area contributed by atoms with E-state index in [4.69, 9.17) is 9.84 Å². The molecule has 0 fully saturated rings. The molecule has 0 aliphatic heterocycles. The van der Waals surface area contributed by atoms with Gasteiger partial charge in [0.15, 0.2) is 0 Å². The normalized spacial score (nSPS) is 10.1. The number of carbonyl (C=O) groups is 1. The lowest BCUT2D eigenvalue weighted by Crippen LogP contribution is -2.08. The third-order valence-corrected chi connectivity index (χ3v) is 2.72. The zero-order valence-electron chi connectivity index (χ0n) is 10.8. The topological polar surface area (TPSA) is 71.5 Å². The number of pyridine rings is 1. The lowest BCUT2D eigenvalue weighted by atomic mass is 10.1. The zero-order valence-corrected chi connectivity index (χ0v) is 10.8. The molecule has 1 aromatic carbocycles. The van der Waals surface area contributed by atoms with Crippen LogP contribution < -0.4 is 10.1 Å². The van der Waals surface area contributed by atoms with Gasteiger partial charge in [0, 0.05) is 18.8 Å². The molecule has 2 rings (SSSR count). The van der Waals surface area contributed by atoms with Crippen LogP contribution in [0.15, 0.2) is 36.5 Å². The van der Waals surface area contributed by atoms with Gasteiger partial charge >= 0.3 is 5.97 Å². The maximum absolute atomic E-state index is 13.5. The molecule has 0 radical (unpaired) electrons. The van der Waals surface area contributed by atoms with Gasteiger partial charge in [-0.15, -0.1) is 0 Å². The summed E-state index contributed by atoms with van der Waals surface area (Å²) in [7, 11) is 1.52. The van der Waals surface area contributed by atoms with Crippen LogP contribution in [0.1, 0.15) is 15.9 Å². The van der Waals surface area contributed by atoms with E-state index in [-0.39, 0.29) is 11.3 Å². The molecule has 0 aliphatic carbocycles. The number of rotatable bonds is 5. The maximum atomic E-state index is 13.5. The number of aromatic carboxylic acids is 1. The average molecular weight is 276 g/mol. The summed E-state index contributed by atoms with van der Waals surface area (Å²) < 4.78 is 18.4. The number of carboxylic acid groups (broad SMARTS) is 1. The lowest BCUT2D eigenvalue weighted by Gasteiger charge is -2.10. The van der Waals surface area contributed by atoms with Crippen molar-refractivity contribution in [1.82, 2.24) is 4.98 Å². The Hall–Kier alpha value is -2.63. The molecular weight excluding hydrogens is 263 g/mol. The van der Waals surface area contributed by atoms with Crippen molar-refractivity contribution in [1.29, 1.82) is 0 Å². The minimum absolute atomic E-state index is 0.230. The van der Waals surface area contributed by atoms with Crippen molar-refractivity contribution in [2.24, 2.45) is 0 Å². The molecule has 0 atom stereocenters. The molecule has 0 aliphatic rings. The first-order chi connectivity index (χ1) is 9.61. The highest BCUT2D eigenvalue weighted by molar-refractivity contribution is 5.94. The predicted molar refractivity (Wildman–Crippen MR) is 71.5 cm³/mol. The molecule has 0 amide bonds. The Balaban J connectivity index is 2.14. The Morgan fingerprint density at radius 1 is 1.40 bits per heavy atom. The number of aromatic nitrogens is 1. The number of ether oxygens (including phenoxy) is 1. The standard InChI is InChI=1S/C14H13FN2O3/c1-20-12-6-5-9(8-17-12)7-16-11-4-2-3-10(15)13(11)14(18)19/h2-6,8,16H,7H2,1H3,(H,18,19). The van der Waals surface area contributed by atoms with E-state index in [1.54, 1.807) is 18.3 Å². The van der Waals surface area contributed by atoms with Crippen molar-refractivity contribution in [3.8, 4) is 5.88 Å². The van der Waals surface area contributed by atoms with Gasteiger partial charge < -0.3 is 15.2 Å². The van der Waals surface area contributed by atoms with Gasteiger partial charge in [0.2, 0.25) is 5.88 Å². The van der Waals surface area contributed by atoms with Crippen LogP contribution in [-0.2, 0) is 6.54 Å². The molecule has 1 heterocycles. The number of hydrogen-bond donors (Lipinski definition) is 2.